The molecular formula is C6H8NNaO3. The normalized spacial score (nSPS) is 9.27. The van der Waals surface area contributed by atoms with E-state index in [9.17, 15) is 4.79 Å². The van der Waals surface area contributed by atoms with Crippen molar-refractivity contribution in [3.63, 3.8) is 0 Å². The van der Waals surface area contributed by atoms with Crippen molar-refractivity contribution in [2.45, 2.75) is 6.92 Å². The van der Waals surface area contributed by atoms with E-state index < -0.39 is 11.7 Å². The van der Waals surface area contributed by atoms with E-state index in [2.05, 4.69) is 4.74 Å². The second kappa shape index (κ2) is 7.61. The summed E-state index contributed by atoms with van der Waals surface area (Å²) in [6.07, 6.45) is 0.720. The van der Waals surface area contributed by atoms with Crippen LogP contribution >= 0.6 is 0 Å². The molecule has 0 saturated heterocycles. The van der Waals surface area contributed by atoms with Crippen molar-refractivity contribution in [2.24, 2.45) is 0 Å². The van der Waals surface area contributed by atoms with Crippen LogP contribution in [0.25, 0.3) is 0 Å². The number of aliphatic hydroxyl groups excluding tert-OH is 1. The zero-order valence-electron chi connectivity index (χ0n) is 5.50. The molecule has 0 aliphatic heterocycles. The Labute approximate surface area is 86.7 Å². The Kier molecular flexibility index (Phi) is 9.07. The molecule has 0 aromatic rings. The minimum absolute atomic E-state index is 0. The number of ether oxygens (including phenoxy) is 1. The van der Waals surface area contributed by atoms with Crippen LogP contribution in [0.1, 0.15) is 6.92 Å². The van der Waals surface area contributed by atoms with Gasteiger partial charge in [0.1, 0.15) is 0 Å². The van der Waals surface area contributed by atoms with E-state index in [0.29, 0.717) is 0 Å². The maximum atomic E-state index is 10.4. The van der Waals surface area contributed by atoms with Crippen LogP contribution in [0.15, 0.2) is 11.8 Å². The number of aliphatic hydroxyl groups is 1. The number of hydrogen-bond acceptors (Lipinski definition) is 4. The van der Waals surface area contributed by atoms with Gasteiger partial charge in [-0.25, -0.2) is 4.79 Å². The predicted octanol–water partition coefficient (Wildman–Crippen LogP) is -0.134. The van der Waals surface area contributed by atoms with Crippen LogP contribution < -0.4 is 0 Å². The fourth-order valence-corrected chi connectivity index (χ4v) is 0.325. The van der Waals surface area contributed by atoms with E-state index >= 15 is 0 Å². The Morgan fingerprint density at radius 1 is 1.82 bits per heavy atom. The average Bonchev–Trinajstić information content (AvgIpc) is 1.89. The molecule has 0 saturated carbocycles. The van der Waals surface area contributed by atoms with Crippen molar-refractivity contribution >= 4 is 35.5 Å². The van der Waals surface area contributed by atoms with Crippen LogP contribution in [0.3, 0.4) is 0 Å². The Morgan fingerprint density at radius 2 is 2.36 bits per heavy atom. The molecule has 0 fully saturated rings. The molecule has 0 aliphatic carbocycles. The predicted molar refractivity (Wildman–Crippen MR) is 40.1 cm³/mol. The Balaban J connectivity index is 0. The van der Waals surface area contributed by atoms with E-state index in [4.69, 9.17) is 10.4 Å². The van der Waals surface area contributed by atoms with Gasteiger partial charge in [0.15, 0.2) is 0 Å². The summed E-state index contributed by atoms with van der Waals surface area (Å²) in [6, 6.07) is 1.49. The quantitative estimate of drug-likeness (QED) is 0.203. The van der Waals surface area contributed by atoms with Crippen molar-refractivity contribution in [1.29, 1.82) is 5.26 Å². The first-order chi connectivity index (χ1) is 4.72. The van der Waals surface area contributed by atoms with Gasteiger partial charge in [0.05, 0.1) is 18.8 Å². The molecule has 0 atom stereocenters. The molecule has 56 valence electrons. The molecule has 0 amide bonds. The fourth-order valence-electron chi connectivity index (χ4n) is 0.325. The molecule has 0 aliphatic rings. The van der Waals surface area contributed by atoms with Gasteiger partial charge in [-0.1, -0.05) is 0 Å². The molecular weight excluding hydrogens is 157 g/mol. The van der Waals surface area contributed by atoms with Gasteiger partial charge < -0.3 is 9.84 Å². The first-order valence-electron chi connectivity index (χ1n) is 2.68. The van der Waals surface area contributed by atoms with Crippen molar-refractivity contribution < 1.29 is 14.6 Å². The number of hydrogen-bond donors (Lipinski definition) is 1. The third-order valence-electron chi connectivity index (χ3n) is 0.686. The summed E-state index contributed by atoms with van der Waals surface area (Å²) in [5, 5.41) is 16.6. The molecule has 0 rings (SSSR count). The summed E-state index contributed by atoms with van der Waals surface area (Å²) >= 11 is 0. The molecule has 4 nitrogen and oxygen atoms in total. The third kappa shape index (κ3) is 5.92. The zero-order valence-corrected chi connectivity index (χ0v) is 5.50. The summed E-state index contributed by atoms with van der Waals surface area (Å²) < 4.78 is 4.35. The molecule has 0 spiro atoms. The van der Waals surface area contributed by atoms with Gasteiger partial charge in [-0.05, 0) is 6.92 Å². The Bertz CT molecular complexity index is 194. The van der Waals surface area contributed by atoms with Crippen LogP contribution in [0.4, 0.5) is 0 Å². The summed E-state index contributed by atoms with van der Waals surface area (Å²) in [4.78, 5) is 10.4. The minimum atomic E-state index is -0.871. The van der Waals surface area contributed by atoms with E-state index in [-0.39, 0.29) is 36.2 Å². The number of carbonyl (C=O) groups is 1. The van der Waals surface area contributed by atoms with Crippen LogP contribution in [-0.4, -0.2) is 47.2 Å². The topological polar surface area (TPSA) is 70.3 Å². The van der Waals surface area contributed by atoms with Gasteiger partial charge in [0.2, 0.25) is 5.76 Å². The second-order valence-electron chi connectivity index (χ2n) is 1.38. The molecule has 11 heavy (non-hydrogen) atoms. The molecule has 5 heteroatoms. The Morgan fingerprint density at radius 3 is 2.73 bits per heavy atom. The molecule has 1 N–H and O–H groups in total. The zero-order chi connectivity index (χ0) is 7.98. The molecule has 0 heterocycles. The monoisotopic (exact) mass is 165 g/mol. The molecule has 0 unspecified atom stereocenters. The summed E-state index contributed by atoms with van der Waals surface area (Å²) in [5.74, 6) is -1.53. The van der Waals surface area contributed by atoms with E-state index in [1.54, 1.807) is 6.92 Å². The SMILES string of the molecule is CCOC(=O)C(O)=CC#N.[NaH]. The summed E-state index contributed by atoms with van der Waals surface area (Å²) in [7, 11) is 0. The maximum absolute atomic E-state index is 10.4. The Hall–Kier alpha value is -0.500. The molecule has 0 aromatic heterocycles. The second-order valence-corrected chi connectivity index (χ2v) is 1.38. The summed E-state index contributed by atoms with van der Waals surface area (Å²) in [5.41, 5.74) is 0. The van der Waals surface area contributed by atoms with Crippen molar-refractivity contribution in [3.8, 4) is 6.07 Å². The number of nitriles is 1. The fraction of sp³-hybridized carbons (Fsp3) is 0.333. The summed E-state index contributed by atoms with van der Waals surface area (Å²) in [6.45, 7) is 1.79. The van der Waals surface area contributed by atoms with Crippen LogP contribution in [0.2, 0.25) is 0 Å². The standard InChI is InChI=1S/C6H7NO3.Na.H/c1-2-10-6(9)5(8)3-4-7;;/h3,8H,2H2,1H3;;. The molecule has 0 aromatic carbocycles. The third-order valence-corrected chi connectivity index (χ3v) is 0.686. The van der Waals surface area contributed by atoms with E-state index in [1.807, 2.05) is 0 Å². The number of carbonyl (C=O) groups excluding carboxylic acids is 1. The number of allylic oxidation sites excluding steroid dienone is 1. The van der Waals surface area contributed by atoms with Gasteiger partial charge >= 0.3 is 35.5 Å². The average molecular weight is 165 g/mol. The first-order valence-corrected chi connectivity index (χ1v) is 2.68. The first kappa shape index (κ1) is 13.1. The van der Waals surface area contributed by atoms with E-state index in [1.165, 1.54) is 6.07 Å². The number of rotatable bonds is 2. The molecule has 0 radical (unpaired) electrons. The number of nitrogens with zero attached hydrogens (tertiary/aromatic N) is 1. The van der Waals surface area contributed by atoms with Crippen LogP contribution in [-0.2, 0) is 9.53 Å². The van der Waals surface area contributed by atoms with Crippen molar-refractivity contribution in [2.75, 3.05) is 6.61 Å². The van der Waals surface area contributed by atoms with E-state index in [0.717, 1.165) is 6.08 Å². The van der Waals surface area contributed by atoms with Crippen molar-refractivity contribution in [1.82, 2.24) is 0 Å². The van der Waals surface area contributed by atoms with Gasteiger partial charge in [-0.15, -0.1) is 0 Å². The number of esters is 1. The van der Waals surface area contributed by atoms with Gasteiger partial charge in [-0.3, -0.25) is 0 Å². The van der Waals surface area contributed by atoms with Gasteiger partial charge in [-0.2, -0.15) is 5.26 Å². The van der Waals surface area contributed by atoms with Crippen LogP contribution in [0.5, 0.6) is 0 Å². The van der Waals surface area contributed by atoms with Gasteiger partial charge in [0.25, 0.3) is 0 Å². The van der Waals surface area contributed by atoms with Crippen LogP contribution in [0, 0.1) is 11.3 Å². The molecule has 0 bridgehead atoms. The van der Waals surface area contributed by atoms with Crippen molar-refractivity contribution in [3.05, 3.63) is 11.8 Å². The van der Waals surface area contributed by atoms with Gasteiger partial charge in [0, 0.05) is 0 Å².